The summed E-state index contributed by atoms with van der Waals surface area (Å²) in [4.78, 5) is 15.2. The third kappa shape index (κ3) is 4.16. The molecule has 0 saturated carbocycles. The van der Waals surface area contributed by atoms with Crippen molar-refractivity contribution in [2.45, 2.75) is 19.3 Å². The van der Waals surface area contributed by atoms with Gasteiger partial charge in [0.2, 0.25) is 0 Å². The fourth-order valence-electron chi connectivity index (χ4n) is 8.12. The Kier molecular flexibility index (Phi) is 6.49. The lowest BCUT2D eigenvalue weighted by Crippen LogP contribution is -2.66. The molecule has 1 aliphatic carbocycles. The summed E-state index contributed by atoms with van der Waals surface area (Å²) >= 11 is 0. The van der Waals surface area contributed by atoms with Crippen LogP contribution in [0.5, 0.6) is 0 Å². The number of benzene rings is 6. The summed E-state index contributed by atoms with van der Waals surface area (Å²) in [6.07, 6.45) is 0. The van der Waals surface area contributed by atoms with Gasteiger partial charge >= 0.3 is 0 Å². The van der Waals surface area contributed by atoms with Gasteiger partial charge in [0, 0.05) is 22.1 Å². The molecule has 4 heteroatoms. The highest BCUT2D eigenvalue weighted by atomic mass is 28.3. The summed E-state index contributed by atoms with van der Waals surface area (Å²) in [5.41, 5.74) is 8.38. The van der Waals surface area contributed by atoms with Crippen LogP contribution < -0.4 is 15.6 Å². The number of nitrogens with zero attached hydrogens (tertiary/aromatic N) is 3. The molecule has 2 heterocycles. The van der Waals surface area contributed by atoms with Gasteiger partial charge in [0.05, 0.1) is 0 Å². The summed E-state index contributed by atoms with van der Waals surface area (Å²) in [5, 5.41) is 5.68. The van der Waals surface area contributed by atoms with E-state index in [4.69, 9.17) is 15.0 Å². The maximum atomic E-state index is 5.13. The fourth-order valence-corrected chi connectivity index (χ4v) is 13.7. The molecule has 0 fully saturated rings. The summed E-state index contributed by atoms with van der Waals surface area (Å²) in [5.74, 6) is 2.02. The van der Waals surface area contributed by atoms with E-state index in [1.165, 1.54) is 43.0 Å². The van der Waals surface area contributed by atoms with Crippen molar-refractivity contribution in [3.8, 4) is 34.2 Å². The maximum absolute atomic E-state index is 5.13. The SMILES string of the molecule is CC1(C)C2=C(c3ccccc31)[Si](c1ccccc1)(c1ccccc1)c1cc(-c3nc(-c4ccccc4)nc(-c4ccccc4)n3)ccc12. The number of fused-ring (bicyclic) bond motifs is 4. The lowest BCUT2D eigenvalue weighted by Gasteiger charge is -2.34. The van der Waals surface area contributed by atoms with Gasteiger partial charge in [-0.05, 0) is 43.0 Å². The second-order valence-corrected chi connectivity index (χ2v) is 16.9. The van der Waals surface area contributed by atoms with Gasteiger partial charge in [0.15, 0.2) is 25.5 Å². The van der Waals surface area contributed by atoms with Gasteiger partial charge in [-0.15, -0.1) is 0 Å². The van der Waals surface area contributed by atoms with Crippen molar-refractivity contribution >= 4 is 34.4 Å². The van der Waals surface area contributed by atoms with Crippen molar-refractivity contribution < 1.29 is 0 Å². The van der Waals surface area contributed by atoms with Crippen molar-refractivity contribution in [3.63, 3.8) is 0 Å². The second-order valence-electron chi connectivity index (χ2n) is 13.2. The largest absolute Gasteiger partial charge is 0.208 e. The van der Waals surface area contributed by atoms with Crippen LogP contribution >= 0.6 is 0 Å². The van der Waals surface area contributed by atoms with Crippen molar-refractivity contribution in [3.05, 3.63) is 180 Å². The van der Waals surface area contributed by atoms with Crippen LogP contribution in [0.4, 0.5) is 0 Å². The maximum Gasteiger partial charge on any atom is 0.181 e. The number of rotatable bonds is 5. The molecule has 0 atom stereocenters. The van der Waals surface area contributed by atoms with E-state index >= 15 is 0 Å². The standard InChI is InChI=1S/C44H33N3Si/c1-44(2)37-26-16-15-25-35(37)40-39(44)36-28-27-32(29-38(36)48(40,33-21-11-5-12-22-33)34-23-13-6-14-24-34)43-46-41(30-17-7-3-8-18-30)45-42(47-43)31-19-9-4-10-20-31/h3-29H,1-2H3. The van der Waals surface area contributed by atoms with E-state index in [-0.39, 0.29) is 5.41 Å². The molecule has 9 rings (SSSR count). The Balaban J connectivity index is 1.35. The van der Waals surface area contributed by atoms with Gasteiger partial charge < -0.3 is 0 Å². The summed E-state index contributed by atoms with van der Waals surface area (Å²) in [7, 11) is -2.79. The molecule has 1 aromatic heterocycles. The van der Waals surface area contributed by atoms with E-state index < -0.39 is 8.07 Å². The Morgan fingerprint density at radius 2 is 0.896 bits per heavy atom. The Bertz CT molecular complexity index is 2250. The highest BCUT2D eigenvalue weighted by Gasteiger charge is 2.57. The first kappa shape index (κ1) is 28.5. The van der Waals surface area contributed by atoms with Crippen LogP contribution in [0.2, 0.25) is 0 Å². The second kappa shape index (κ2) is 10.9. The molecule has 228 valence electrons. The zero-order valence-corrected chi connectivity index (χ0v) is 27.9. The Morgan fingerprint density at radius 3 is 1.44 bits per heavy atom. The highest BCUT2D eigenvalue weighted by molar-refractivity contribution is 7.25. The predicted molar refractivity (Wildman–Crippen MR) is 200 cm³/mol. The molecule has 0 bridgehead atoms. The Labute approximate surface area is 282 Å². The fraction of sp³-hybridized carbons (Fsp3) is 0.0682. The van der Waals surface area contributed by atoms with Gasteiger partial charge in [0.1, 0.15) is 0 Å². The minimum Gasteiger partial charge on any atom is -0.208 e. The van der Waals surface area contributed by atoms with Crippen LogP contribution in [0.15, 0.2) is 164 Å². The van der Waals surface area contributed by atoms with E-state index in [0.29, 0.717) is 17.5 Å². The van der Waals surface area contributed by atoms with Crippen LogP contribution in [0.1, 0.15) is 30.5 Å². The quantitative estimate of drug-likeness (QED) is 0.180. The Hall–Kier alpha value is -5.71. The molecule has 48 heavy (non-hydrogen) atoms. The lowest BCUT2D eigenvalue weighted by atomic mass is 9.78. The molecule has 0 unspecified atom stereocenters. The molecular formula is C44H33N3Si. The third-order valence-electron chi connectivity index (χ3n) is 10.2. The monoisotopic (exact) mass is 631 g/mol. The zero-order valence-electron chi connectivity index (χ0n) is 26.9. The molecule has 6 aromatic carbocycles. The minimum absolute atomic E-state index is 0.144. The molecule has 1 aliphatic heterocycles. The smallest absolute Gasteiger partial charge is 0.181 e. The molecular weight excluding hydrogens is 599 g/mol. The van der Waals surface area contributed by atoms with E-state index in [2.05, 4.69) is 141 Å². The molecule has 3 nitrogen and oxygen atoms in total. The highest BCUT2D eigenvalue weighted by Crippen LogP contribution is 2.56. The van der Waals surface area contributed by atoms with Crippen molar-refractivity contribution in [2.75, 3.05) is 0 Å². The normalized spacial score (nSPS) is 15.1. The first-order valence-corrected chi connectivity index (χ1v) is 18.5. The summed E-state index contributed by atoms with van der Waals surface area (Å²) in [6.45, 7) is 4.80. The molecule has 0 radical (unpaired) electrons. The van der Waals surface area contributed by atoms with Crippen LogP contribution in [-0.2, 0) is 5.41 Å². The van der Waals surface area contributed by atoms with Crippen molar-refractivity contribution in [1.82, 2.24) is 15.0 Å². The van der Waals surface area contributed by atoms with Crippen molar-refractivity contribution in [1.29, 1.82) is 0 Å². The predicted octanol–water partition coefficient (Wildman–Crippen LogP) is 8.10. The number of allylic oxidation sites excluding steroid dienone is 1. The molecule has 0 N–H and O–H groups in total. The Morgan fingerprint density at radius 1 is 0.438 bits per heavy atom. The molecule has 0 spiro atoms. The van der Waals surface area contributed by atoms with E-state index in [0.717, 1.165) is 16.7 Å². The topological polar surface area (TPSA) is 38.7 Å². The van der Waals surface area contributed by atoms with E-state index in [9.17, 15) is 0 Å². The number of hydrogen-bond donors (Lipinski definition) is 0. The van der Waals surface area contributed by atoms with E-state index in [1.807, 2.05) is 36.4 Å². The van der Waals surface area contributed by atoms with E-state index in [1.54, 1.807) is 0 Å². The van der Waals surface area contributed by atoms with Gasteiger partial charge in [-0.25, -0.2) is 15.0 Å². The molecule has 0 saturated heterocycles. The lowest BCUT2D eigenvalue weighted by molar-refractivity contribution is 0.704. The van der Waals surface area contributed by atoms with Gasteiger partial charge in [-0.3, -0.25) is 0 Å². The number of aromatic nitrogens is 3. The average molecular weight is 632 g/mol. The van der Waals surface area contributed by atoms with Gasteiger partial charge in [-0.2, -0.15) is 0 Å². The molecule has 0 amide bonds. The average Bonchev–Trinajstić information content (AvgIpc) is 3.60. The number of hydrogen-bond acceptors (Lipinski definition) is 3. The first-order chi connectivity index (χ1) is 23.6. The molecule has 2 aliphatic rings. The summed E-state index contributed by atoms with van der Waals surface area (Å²) in [6, 6.07) is 58.9. The zero-order chi connectivity index (χ0) is 32.3. The van der Waals surface area contributed by atoms with Crippen LogP contribution in [0, 0.1) is 0 Å². The van der Waals surface area contributed by atoms with Crippen molar-refractivity contribution in [2.24, 2.45) is 0 Å². The van der Waals surface area contributed by atoms with Crippen LogP contribution in [0.25, 0.3) is 44.9 Å². The van der Waals surface area contributed by atoms with Gasteiger partial charge in [-0.1, -0.05) is 178 Å². The molecule has 7 aromatic rings. The van der Waals surface area contributed by atoms with Gasteiger partial charge in [0.25, 0.3) is 0 Å². The summed E-state index contributed by atoms with van der Waals surface area (Å²) < 4.78 is 0. The third-order valence-corrected chi connectivity index (χ3v) is 15.1. The van der Waals surface area contributed by atoms with Crippen LogP contribution in [-0.4, -0.2) is 23.0 Å². The van der Waals surface area contributed by atoms with Crippen LogP contribution in [0.3, 0.4) is 0 Å². The minimum atomic E-state index is -2.79. The first-order valence-electron chi connectivity index (χ1n) is 16.5.